The fourth-order valence-electron chi connectivity index (χ4n) is 2.68. The van der Waals surface area contributed by atoms with Crippen LogP contribution in [0.5, 0.6) is 17.2 Å². The molecule has 5 nitrogen and oxygen atoms in total. The zero-order valence-electron chi connectivity index (χ0n) is 16.7. The molecule has 2 atom stereocenters. The van der Waals surface area contributed by atoms with E-state index < -0.39 is 6.10 Å². The molecule has 0 fully saturated rings. The van der Waals surface area contributed by atoms with Gasteiger partial charge in [0.15, 0.2) is 17.6 Å². The van der Waals surface area contributed by atoms with Crippen LogP contribution in [0, 0.1) is 6.92 Å². The van der Waals surface area contributed by atoms with Crippen LogP contribution in [0.3, 0.4) is 0 Å². The first-order valence-electron chi connectivity index (χ1n) is 9.38. The number of rotatable bonds is 9. The van der Waals surface area contributed by atoms with Crippen molar-refractivity contribution in [3.05, 3.63) is 53.6 Å². The maximum absolute atomic E-state index is 12.5. The fourth-order valence-corrected chi connectivity index (χ4v) is 2.68. The maximum atomic E-state index is 12.5. The Hall–Kier alpha value is -2.69. The van der Waals surface area contributed by atoms with Crippen molar-refractivity contribution in [2.24, 2.45) is 0 Å². The lowest BCUT2D eigenvalue weighted by Gasteiger charge is -2.21. The van der Waals surface area contributed by atoms with Crippen molar-refractivity contribution >= 4 is 5.91 Å². The van der Waals surface area contributed by atoms with Crippen molar-refractivity contribution in [1.29, 1.82) is 0 Å². The van der Waals surface area contributed by atoms with E-state index in [1.165, 1.54) is 0 Å². The number of carbonyl (C=O) groups excluding carboxylic acids is 1. The number of para-hydroxylation sites is 1. The summed E-state index contributed by atoms with van der Waals surface area (Å²) in [5.74, 6) is 1.94. The number of ether oxygens (including phenoxy) is 3. The summed E-state index contributed by atoms with van der Waals surface area (Å²) in [5.41, 5.74) is 1.94. The number of nitrogens with one attached hydrogen (secondary N) is 1. The molecule has 0 spiro atoms. The van der Waals surface area contributed by atoms with E-state index in [0.29, 0.717) is 30.5 Å². The number of hydrogen-bond acceptors (Lipinski definition) is 4. The van der Waals surface area contributed by atoms with Gasteiger partial charge in [-0.05, 0) is 63.9 Å². The van der Waals surface area contributed by atoms with Crippen LogP contribution >= 0.6 is 0 Å². The van der Waals surface area contributed by atoms with Crippen molar-refractivity contribution in [3.8, 4) is 17.2 Å². The first kappa shape index (κ1) is 20.6. The minimum atomic E-state index is -0.595. The van der Waals surface area contributed by atoms with Crippen molar-refractivity contribution < 1.29 is 19.0 Å². The second-order valence-corrected chi connectivity index (χ2v) is 6.33. The Bertz CT molecular complexity index is 760. The molecule has 5 heteroatoms. The van der Waals surface area contributed by atoms with Gasteiger partial charge in [-0.25, -0.2) is 0 Å². The van der Waals surface area contributed by atoms with Gasteiger partial charge in [0, 0.05) is 0 Å². The van der Waals surface area contributed by atoms with E-state index in [4.69, 9.17) is 14.2 Å². The van der Waals surface area contributed by atoms with Crippen LogP contribution in [0.2, 0.25) is 0 Å². The molecular formula is C22H29NO4. The number of aryl methyl sites for hydroxylation is 1. The van der Waals surface area contributed by atoms with Gasteiger partial charge >= 0.3 is 0 Å². The highest BCUT2D eigenvalue weighted by Gasteiger charge is 2.19. The molecule has 1 N–H and O–H groups in total. The molecule has 0 heterocycles. The first-order valence-corrected chi connectivity index (χ1v) is 9.38. The van der Waals surface area contributed by atoms with Crippen molar-refractivity contribution in [2.75, 3.05) is 13.2 Å². The highest BCUT2D eigenvalue weighted by molar-refractivity contribution is 5.81. The number of hydrogen-bond donors (Lipinski definition) is 1. The molecule has 1 amide bonds. The van der Waals surface area contributed by atoms with Crippen LogP contribution in [0.4, 0.5) is 0 Å². The monoisotopic (exact) mass is 371 g/mol. The molecular weight excluding hydrogens is 342 g/mol. The molecule has 0 bridgehead atoms. The smallest absolute Gasteiger partial charge is 0.261 e. The third-order valence-electron chi connectivity index (χ3n) is 4.19. The third kappa shape index (κ3) is 5.64. The molecule has 0 aliphatic carbocycles. The van der Waals surface area contributed by atoms with Crippen molar-refractivity contribution in [3.63, 3.8) is 0 Å². The summed E-state index contributed by atoms with van der Waals surface area (Å²) in [6.45, 7) is 10.6. The minimum absolute atomic E-state index is 0.169. The van der Waals surface area contributed by atoms with E-state index in [1.54, 1.807) is 6.92 Å². The van der Waals surface area contributed by atoms with E-state index in [0.717, 1.165) is 11.1 Å². The first-order chi connectivity index (χ1) is 13.0. The van der Waals surface area contributed by atoms with Crippen LogP contribution in [0.25, 0.3) is 0 Å². The maximum Gasteiger partial charge on any atom is 0.261 e. The van der Waals surface area contributed by atoms with Gasteiger partial charge in [0.1, 0.15) is 5.75 Å². The van der Waals surface area contributed by atoms with Gasteiger partial charge in [-0.15, -0.1) is 0 Å². The molecule has 0 aromatic heterocycles. The van der Waals surface area contributed by atoms with Gasteiger partial charge in [-0.2, -0.15) is 0 Å². The van der Waals surface area contributed by atoms with Crippen LogP contribution in [-0.2, 0) is 4.79 Å². The van der Waals surface area contributed by atoms with E-state index in [9.17, 15) is 4.79 Å². The molecule has 27 heavy (non-hydrogen) atoms. The normalized spacial score (nSPS) is 12.8. The molecule has 0 saturated heterocycles. The van der Waals surface area contributed by atoms with Crippen molar-refractivity contribution in [1.82, 2.24) is 5.32 Å². The average Bonchev–Trinajstić information content (AvgIpc) is 2.65. The molecule has 146 valence electrons. The fraction of sp³-hybridized carbons (Fsp3) is 0.409. The summed E-state index contributed by atoms with van der Waals surface area (Å²) in [4.78, 5) is 12.5. The predicted octanol–water partition coefficient (Wildman–Crippen LogP) is 4.44. The van der Waals surface area contributed by atoms with Gasteiger partial charge < -0.3 is 19.5 Å². The summed E-state index contributed by atoms with van der Waals surface area (Å²) in [7, 11) is 0. The molecule has 0 radical (unpaired) electrons. The van der Waals surface area contributed by atoms with Crippen LogP contribution in [-0.4, -0.2) is 25.2 Å². The summed E-state index contributed by atoms with van der Waals surface area (Å²) in [5, 5.41) is 3.00. The topological polar surface area (TPSA) is 56.8 Å². The quantitative estimate of drug-likeness (QED) is 0.708. The van der Waals surface area contributed by atoms with Gasteiger partial charge in [0.05, 0.1) is 19.3 Å². The Morgan fingerprint density at radius 3 is 2.30 bits per heavy atom. The SMILES string of the molecule is CCOc1ccc([C@@H](C)NC(=O)[C@H](C)Oc2ccccc2C)cc1OCC. The highest BCUT2D eigenvalue weighted by atomic mass is 16.5. The second kappa shape index (κ2) is 9.86. The van der Waals surface area contributed by atoms with Crippen LogP contribution in [0.1, 0.15) is 44.9 Å². The molecule has 0 unspecified atom stereocenters. The summed E-state index contributed by atoms with van der Waals surface area (Å²) >= 11 is 0. The van der Waals surface area contributed by atoms with E-state index in [2.05, 4.69) is 5.32 Å². The Morgan fingerprint density at radius 1 is 0.963 bits per heavy atom. The van der Waals surface area contributed by atoms with E-state index in [1.807, 2.05) is 70.2 Å². The largest absolute Gasteiger partial charge is 0.490 e. The lowest BCUT2D eigenvalue weighted by molar-refractivity contribution is -0.127. The Labute approximate surface area is 161 Å². The molecule has 2 aromatic rings. The molecule has 0 aliphatic rings. The summed E-state index contributed by atoms with van der Waals surface area (Å²) in [6.07, 6.45) is -0.595. The summed E-state index contributed by atoms with van der Waals surface area (Å²) < 4.78 is 17.1. The number of benzene rings is 2. The van der Waals surface area contributed by atoms with E-state index >= 15 is 0 Å². The highest BCUT2D eigenvalue weighted by Crippen LogP contribution is 2.30. The Kier molecular flexibility index (Phi) is 7.53. The predicted molar refractivity (Wildman–Crippen MR) is 107 cm³/mol. The average molecular weight is 371 g/mol. The third-order valence-corrected chi connectivity index (χ3v) is 4.19. The van der Waals surface area contributed by atoms with Gasteiger partial charge in [0.25, 0.3) is 5.91 Å². The van der Waals surface area contributed by atoms with Crippen LogP contribution in [0.15, 0.2) is 42.5 Å². The zero-order valence-corrected chi connectivity index (χ0v) is 16.7. The van der Waals surface area contributed by atoms with Gasteiger partial charge in [-0.1, -0.05) is 24.3 Å². The lowest BCUT2D eigenvalue weighted by Crippen LogP contribution is -2.37. The minimum Gasteiger partial charge on any atom is -0.490 e. The molecule has 2 aromatic carbocycles. The Balaban J connectivity index is 2.04. The second-order valence-electron chi connectivity index (χ2n) is 6.33. The molecule has 0 saturated carbocycles. The van der Waals surface area contributed by atoms with Gasteiger partial charge in [-0.3, -0.25) is 4.79 Å². The number of amides is 1. The van der Waals surface area contributed by atoms with Crippen molar-refractivity contribution in [2.45, 2.75) is 46.8 Å². The van der Waals surface area contributed by atoms with Gasteiger partial charge in [0.2, 0.25) is 0 Å². The number of carbonyl (C=O) groups is 1. The Morgan fingerprint density at radius 2 is 1.63 bits per heavy atom. The van der Waals surface area contributed by atoms with E-state index in [-0.39, 0.29) is 11.9 Å². The standard InChI is InChI=1S/C22H29NO4/c1-6-25-20-13-12-18(14-21(20)26-7-2)16(4)23-22(24)17(5)27-19-11-9-8-10-15(19)3/h8-14,16-17H,6-7H2,1-5H3,(H,23,24)/t16-,17+/m1/s1. The lowest BCUT2D eigenvalue weighted by atomic mass is 10.1. The summed E-state index contributed by atoms with van der Waals surface area (Å²) in [6, 6.07) is 13.2. The van der Waals surface area contributed by atoms with Crippen LogP contribution < -0.4 is 19.5 Å². The molecule has 2 rings (SSSR count). The molecule has 0 aliphatic heterocycles. The zero-order chi connectivity index (χ0) is 19.8.